The maximum Gasteiger partial charge on any atom is 0.340 e. The first kappa shape index (κ1) is 14.1. The van der Waals surface area contributed by atoms with Crippen LogP contribution in [0.2, 0.25) is 0 Å². The normalized spacial score (nSPS) is 10.5. The van der Waals surface area contributed by atoms with Crippen molar-refractivity contribution < 1.29 is 18.3 Å². The van der Waals surface area contributed by atoms with E-state index < -0.39 is 11.8 Å². The predicted molar refractivity (Wildman–Crippen MR) is 80.9 cm³/mol. The van der Waals surface area contributed by atoms with Crippen LogP contribution in [0.15, 0.2) is 65.3 Å². The van der Waals surface area contributed by atoms with Gasteiger partial charge in [0.05, 0.1) is 18.9 Å². The zero-order valence-corrected chi connectivity index (χ0v) is 11.9. The van der Waals surface area contributed by atoms with Gasteiger partial charge < -0.3 is 9.15 Å². The minimum Gasteiger partial charge on any atom is -0.465 e. The van der Waals surface area contributed by atoms with E-state index in [2.05, 4.69) is 4.74 Å². The van der Waals surface area contributed by atoms with Crippen molar-refractivity contribution in [1.82, 2.24) is 0 Å². The highest BCUT2D eigenvalue weighted by atomic mass is 19.1. The lowest BCUT2D eigenvalue weighted by Crippen LogP contribution is -2.04. The van der Waals surface area contributed by atoms with E-state index in [1.54, 1.807) is 12.3 Å². The van der Waals surface area contributed by atoms with Crippen molar-refractivity contribution >= 4 is 5.97 Å². The highest BCUT2D eigenvalue weighted by Gasteiger charge is 2.13. The quantitative estimate of drug-likeness (QED) is 0.666. The Labute approximate surface area is 127 Å². The van der Waals surface area contributed by atoms with Crippen molar-refractivity contribution in [3.05, 3.63) is 72.2 Å². The molecule has 0 atom stereocenters. The highest BCUT2D eigenvalue weighted by molar-refractivity contribution is 5.90. The largest absolute Gasteiger partial charge is 0.465 e. The number of hydrogen-bond donors (Lipinski definition) is 0. The van der Waals surface area contributed by atoms with Crippen LogP contribution >= 0.6 is 0 Å². The fraction of sp³-hybridized carbons (Fsp3) is 0.0556. The van der Waals surface area contributed by atoms with Gasteiger partial charge in [-0.3, -0.25) is 0 Å². The van der Waals surface area contributed by atoms with Crippen LogP contribution < -0.4 is 0 Å². The lowest BCUT2D eigenvalue weighted by molar-refractivity contribution is 0.0595. The smallest absolute Gasteiger partial charge is 0.340 e. The molecule has 1 heterocycles. The van der Waals surface area contributed by atoms with Crippen molar-refractivity contribution in [2.75, 3.05) is 7.11 Å². The average Bonchev–Trinajstić information content (AvgIpc) is 3.09. The molecular formula is C18H13FO3. The van der Waals surface area contributed by atoms with Crippen LogP contribution in [0, 0.1) is 5.82 Å². The van der Waals surface area contributed by atoms with Gasteiger partial charge in [0.2, 0.25) is 0 Å². The van der Waals surface area contributed by atoms with Gasteiger partial charge in [0, 0.05) is 5.56 Å². The molecule has 1 aromatic heterocycles. The van der Waals surface area contributed by atoms with E-state index in [1.165, 1.54) is 19.2 Å². The summed E-state index contributed by atoms with van der Waals surface area (Å²) in [5, 5.41) is 0. The molecule has 3 rings (SSSR count). The third-order valence-electron chi connectivity index (χ3n) is 3.38. The Hall–Kier alpha value is -2.88. The van der Waals surface area contributed by atoms with Crippen molar-refractivity contribution in [2.45, 2.75) is 0 Å². The molecule has 3 nitrogen and oxygen atoms in total. The molecular weight excluding hydrogens is 283 g/mol. The monoisotopic (exact) mass is 296 g/mol. The van der Waals surface area contributed by atoms with Crippen LogP contribution in [0.25, 0.3) is 22.5 Å². The van der Waals surface area contributed by atoms with Gasteiger partial charge in [-0.2, -0.15) is 0 Å². The van der Waals surface area contributed by atoms with Gasteiger partial charge in [0.25, 0.3) is 0 Å². The predicted octanol–water partition coefficient (Wildman–Crippen LogP) is 4.54. The summed E-state index contributed by atoms with van der Waals surface area (Å²) in [6, 6.07) is 15.7. The second-order valence-electron chi connectivity index (χ2n) is 4.74. The van der Waals surface area contributed by atoms with E-state index in [9.17, 15) is 9.18 Å². The van der Waals surface area contributed by atoms with Crippen LogP contribution in [0.4, 0.5) is 4.39 Å². The molecule has 0 saturated heterocycles. The molecule has 0 saturated carbocycles. The number of halogens is 1. The molecule has 2 aromatic carbocycles. The molecule has 0 amide bonds. The van der Waals surface area contributed by atoms with Crippen LogP contribution in [-0.2, 0) is 4.74 Å². The minimum absolute atomic E-state index is 0.0755. The van der Waals surface area contributed by atoms with Crippen molar-refractivity contribution in [1.29, 1.82) is 0 Å². The number of ether oxygens (including phenoxy) is 1. The summed E-state index contributed by atoms with van der Waals surface area (Å²) < 4.78 is 23.9. The third kappa shape index (κ3) is 2.63. The summed E-state index contributed by atoms with van der Waals surface area (Å²) in [6.07, 6.45) is 1.60. The summed E-state index contributed by atoms with van der Waals surface area (Å²) in [4.78, 5) is 11.4. The number of carbonyl (C=O) groups is 1. The standard InChI is InChI=1S/C18H13FO3/c1-21-18(20)15-8-7-13(11-16(15)19)12-4-2-5-14(10-12)17-6-3-9-22-17/h2-11H,1H3. The molecule has 0 bridgehead atoms. The van der Waals surface area contributed by atoms with Crippen molar-refractivity contribution in [2.24, 2.45) is 0 Å². The Balaban J connectivity index is 2.00. The molecule has 0 N–H and O–H groups in total. The second kappa shape index (κ2) is 5.85. The van der Waals surface area contributed by atoms with Crippen LogP contribution in [-0.4, -0.2) is 13.1 Å². The Morgan fingerprint density at radius 1 is 1.00 bits per heavy atom. The fourth-order valence-corrected chi connectivity index (χ4v) is 2.27. The van der Waals surface area contributed by atoms with Crippen molar-refractivity contribution in [3.8, 4) is 22.5 Å². The van der Waals surface area contributed by atoms with Gasteiger partial charge in [0.15, 0.2) is 0 Å². The van der Waals surface area contributed by atoms with Gasteiger partial charge in [-0.25, -0.2) is 9.18 Å². The lowest BCUT2D eigenvalue weighted by Gasteiger charge is -2.06. The second-order valence-corrected chi connectivity index (χ2v) is 4.74. The molecule has 0 unspecified atom stereocenters. The maximum absolute atomic E-state index is 14.0. The molecule has 0 aliphatic carbocycles. The molecule has 22 heavy (non-hydrogen) atoms. The Morgan fingerprint density at radius 3 is 2.45 bits per heavy atom. The fourth-order valence-electron chi connectivity index (χ4n) is 2.27. The Kier molecular flexibility index (Phi) is 3.74. The third-order valence-corrected chi connectivity index (χ3v) is 3.38. The molecule has 3 aromatic rings. The number of benzene rings is 2. The Bertz CT molecular complexity index is 807. The molecule has 0 radical (unpaired) electrons. The maximum atomic E-state index is 14.0. The van der Waals surface area contributed by atoms with E-state index in [-0.39, 0.29) is 5.56 Å². The van der Waals surface area contributed by atoms with Gasteiger partial charge >= 0.3 is 5.97 Å². The summed E-state index contributed by atoms with van der Waals surface area (Å²) in [6.45, 7) is 0. The van der Waals surface area contributed by atoms with Crippen LogP contribution in [0.1, 0.15) is 10.4 Å². The van der Waals surface area contributed by atoms with Gasteiger partial charge in [-0.05, 0) is 41.5 Å². The number of furan rings is 1. The topological polar surface area (TPSA) is 39.4 Å². The van der Waals surface area contributed by atoms with Gasteiger partial charge in [-0.1, -0.05) is 24.3 Å². The molecule has 0 aliphatic heterocycles. The number of methoxy groups -OCH3 is 1. The first-order valence-corrected chi connectivity index (χ1v) is 6.71. The van der Waals surface area contributed by atoms with E-state index >= 15 is 0 Å². The van der Waals surface area contributed by atoms with Crippen LogP contribution in [0.5, 0.6) is 0 Å². The first-order valence-electron chi connectivity index (χ1n) is 6.71. The Morgan fingerprint density at radius 2 is 1.77 bits per heavy atom. The summed E-state index contributed by atoms with van der Waals surface area (Å²) >= 11 is 0. The van der Waals surface area contributed by atoms with E-state index in [0.717, 1.165) is 16.9 Å². The number of rotatable bonds is 3. The van der Waals surface area contributed by atoms with E-state index in [1.807, 2.05) is 36.4 Å². The van der Waals surface area contributed by atoms with Crippen LogP contribution in [0.3, 0.4) is 0 Å². The average molecular weight is 296 g/mol. The van der Waals surface area contributed by atoms with E-state index in [4.69, 9.17) is 4.42 Å². The molecule has 4 heteroatoms. The summed E-state index contributed by atoms with van der Waals surface area (Å²) in [7, 11) is 1.22. The number of hydrogen-bond acceptors (Lipinski definition) is 3. The number of carbonyl (C=O) groups excluding carboxylic acids is 1. The summed E-state index contributed by atoms with van der Waals surface area (Å²) in [5.41, 5.74) is 2.34. The van der Waals surface area contributed by atoms with E-state index in [0.29, 0.717) is 5.56 Å². The summed E-state index contributed by atoms with van der Waals surface area (Å²) in [5.74, 6) is -0.547. The SMILES string of the molecule is COC(=O)c1ccc(-c2cccc(-c3ccco3)c2)cc1F. The zero-order valence-electron chi connectivity index (χ0n) is 11.9. The van der Waals surface area contributed by atoms with Gasteiger partial charge in [0.1, 0.15) is 11.6 Å². The molecule has 0 spiro atoms. The highest BCUT2D eigenvalue weighted by Crippen LogP contribution is 2.27. The minimum atomic E-state index is -0.687. The molecule has 0 aliphatic rings. The van der Waals surface area contributed by atoms with Gasteiger partial charge in [-0.15, -0.1) is 0 Å². The molecule has 0 fully saturated rings. The molecule has 110 valence electrons. The first-order chi connectivity index (χ1) is 10.7. The lowest BCUT2D eigenvalue weighted by atomic mass is 10.0. The number of esters is 1. The zero-order chi connectivity index (χ0) is 15.5. The van der Waals surface area contributed by atoms with Crippen molar-refractivity contribution in [3.63, 3.8) is 0 Å².